The van der Waals surface area contributed by atoms with Crippen molar-refractivity contribution >= 4 is 16.9 Å². The summed E-state index contributed by atoms with van der Waals surface area (Å²) in [6.45, 7) is 4.25. The van der Waals surface area contributed by atoms with E-state index in [0.717, 1.165) is 12.8 Å². The van der Waals surface area contributed by atoms with Gasteiger partial charge in [0.1, 0.15) is 5.82 Å². The summed E-state index contributed by atoms with van der Waals surface area (Å²) in [4.78, 5) is 17.5. The van der Waals surface area contributed by atoms with Crippen LogP contribution in [0.2, 0.25) is 0 Å². The first-order valence-corrected chi connectivity index (χ1v) is 9.98. The van der Waals surface area contributed by atoms with Crippen LogP contribution in [0.3, 0.4) is 0 Å². The van der Waals surface area contributed by atoms with Gasteiger partial charge in [-0.1, -0.05) is 36.4 Å². The van der Waals surface area contributed by atoms with Crippen molar-refractivity contribution in [2.24, 2.45) is 0 Å². The van der Waals surface area contributed by atoms with Crippen LogP contribution in [0.15, 0.2) is 60.7 Å². The van der Waals surface area contributed by atoms with Crippen molar-refractivity contribution in [1.82, 2.24) is 20.1 Å². The number of carbonyl (C=O) groups excluding carboxylic acids is 1. The van der Waals surface area contributed by atoms with Crippen LogP contribution < -0.4 is 5.32 Å². The molecule has 0 aliphatic rings. The fourth-order valence-electron chi connectivity index (χ4n) is 3.62. The number of hydrogen-bond donors (Lipinski definition) is 1. The Hall–Kier alpha value is -3.54. The van der Waals surface area contributed by atoms with E-state index in [1.807, 2.05) is 32.0 Å². The fraction of sp³-hybridized carbons (Fsp3) is 0.208. The van der Waals surface area contributed by atoms with Crippen LogP contribution in [0.1, 0.15) is 33.7 Å². The van der Waals surface area contributed by atoms with E-state index < -0.39 is 0 Å². The van der Waals surface area contributed by atoms with Crippen molar-refractivity contribution in [3.05, 3.63) is 89.0 Å². The fourth-order valence-corrected chi connectivity index (χ4v) is 3.62. The van der Waals surface area contributed by atoms with Gasteiger partial charge in [-0.2, -0.15) is 5.10 Å². The van der Waals surface area contributed by atoms with Gasteiger partial charge in [0.15, 0.2) is 5.65 Å². The molecule has 0 spiro atoms. The summed E-state index contributed by atoms with van der Waals surface area (Å²) in [5.41, 5.74) is 4.29. The van der Waals surface area contributed by atoms with Crippen molar-refractivity contribution in [3.63, 3.8) is 0 Å². The van der Waals surface area contributed by atoms with E-state index in [4.69, 9.17) is 0 Å². The van der Waals surface area contributed by atoms with Crippen LogP contribution in [0.5, 0.6) is 0 Å². The third kappa shape index (κ3) is 4.08. The number of amides is 1. The smallest absolute Gasteiger partial charge is 0.252 e. The Labute approximate surface area is 174 Å². The van der Waals surface area contributed by atoms with Gasteiger partial charge in [0.2, 0.25) is 0 Å². The summed E-state index contributed by atoms with van der Waals surface area (Å²) in [6, 6.07) is 18.2. The zero-order chi connectivity index (χ0) is 21.1. The van der Waals surface area contributed by atoms with Crippen LogP contribution in [0.4, 0.5) is 4.39 Å². The molecular weight excluding hydrogens is 379 g/mol. The summed E-state index contributed by atoms with van der Waals surface area (Å²) in [5.74, 6) is -0.502. The maximum absolute atomic E-state index is 13.7. The van der Waals surface area contributed by atoms with Crippen molar-refractivity contribution < 1.29 is 9.18 Å². The molecule has 4 aromatic rings. The molecule has 2 aromatic heterocycles. The first-order valence-electron chi connectivity index (χ1n) is 9.98. The van der Waals surface area contributed by atoms with Gasteiger partial charge in [0.05, 0.1) is 22.3 Å². The summed E-state index contributed by atoms with van der Waals surface area (Å²) in [7, 11) is 0. The summed E-state index contributed by atoms with van der Waals surface area (Å²) >= 11 is 0. The first kappa shape index (κ1) is 19.8. The number of halogens is 1. The topological polar surface area (TPSA) is 59.8 Å². The standard InChI is InChI=1S/C24H23FN4O/c1-16-14-21(24(30)26-13-7-10-18-8-4-3-5-9-18)22-17(2)28-29(23(22)27-16)20-12-6-11-19(25)15-20/h3-6,8-9,11-12,14-15H,7,10,13H2,1-2H3,(H,26,30). The minimum atomic E-state index is -0.349. The van der Waals surface area contributed by atoms with E-state index >= 15 is 0 Å². The number of pyridine rings is 1. The Morgan fingerprint density at radius 3 is 2.63 bits per heavy atom. The maximum Gasteiger partial charge on any atom is 0.252 e. The van der Waals surface area contributed by atoms with Gasteiger partial charge < -0.3 is 5.32 Å². The molecule has 4 rings (SSSR count). The highest BCUT2D eigenvalue weighted by molar-refractivity contribution is 6.06. The lowest BCUT2D eigenvalue weighted by Crippen LogP contribution is -2.25. The number of nitrogens with zero attached hydrogens (tertiary/aromatic N) is 3. The van der Waals surface area contributed by atoms with Gasteiger partial charge in [-0.15, -0.1) is 0 Å². The largest absolute Gasteiger partial charge is 0.352 e. The normalized spacial score (nSPS) is 11.0. The molecule has 152 valence electrons. The molecule has 0 aliphatic carbocycles. The molecule has 0 bridgehead atoms. The average Bonchev–Trinajstić information content (AvgIpc) is 3.07. The van der Waals surface area contributed by atoms with Crippen LogP contribution in [0.25, 0.3) is 16.7 Å². The minimum Gasteiger partial charge on any atom is -0.352 e. The number of fused-ring (bicyclic) bond motifs is 1. The van der Waals surface area contributed by atoms with Crippen molar-refractivity contribution in [1.29, 1.82) is 0 Å². The quantitative estimate of drug-likeness (QED) is 0.482. The van der Waals surface area contributed by atoms with Gasteiger partial charge in [0, 0.05) is 12.2 Å². The van der Waals surface area contributed by atoms with Gasteiger partial charge in [0.25, 0.3) is 5.91 Å². The lowest BCUT2D eigenvalue weighted by Gasteiger charge is -2.09. The molecule has 0 saturated carbocycles. The predicted octanol–water partition coefficient (Wildman–Crippen LogP) is 4.54. The number of carbonyl (C=O) groups is 1. The maximum atomic E-state index is 13.7. The molecule has 2 heterocycles. The summed E-state index contributed by atoms with van der Waals surface area (Å²) in [5, 5.41) is 8.22. The van der Waals surface area contributed by atoms with Crippen molar-refractivity contribution in [3.8, 4) is 5.69 Å². The Kier molecular flexibility index (Phi) is 5.57. The highest BCUT2D eigenvalue weighted by Gasteiger charge is 2.19. The van der Waals surface area contributed by atoms with Crippen molar-refractivity contribution in [2.45, 2.75) is 26.7 Å². The molecule has 1 amide bonds. The van der Waals surface area contributed by atoms with Gasteiger partial charge in [-0.25, -0.2) is 14.1 Å². The highest BCUT2D eigenvalue weighted by atomic mass is 19.1. The monoisotopic (exact) mass is 402 g/mol. The Morgan fingerprint density at radius 1 is 1.07 bits per heavy atom. The number of hydrogen-bond acceptors (Lipinski definition) is 3. The molecule has 0 radical (unpaired) electrons. The molecule has 6 heteroatoms. The molecule has 2 aromatic carbocycles. The lowest BCUT2D eigenvalue weighted by atomic mass is 10.1. The van der Waals surface area contributed by atoms with E-state index in [-0.39, 0.29) is 11.7 Å². The van der Waals surface area contributed by atoms with Crippen LogP contribution >= 0.6 is 0 Å². The van der Waals surface area contributed by atoms with E-state index in [1.165, 1.54) is 17.7 Å². The molecule has 1 N–H and O–H groups in total. The number of rotatable bonds is 6. The number of aromatic nitrogens is 3. The third-order valence-corrected chi connectivity index (χ3v) is 5.01. The number of nitrogens with one attached hydrogen (secondary N) is 1. The van der Waals surface area contributed by atoms with E-state index in [0.29, 0.717) is 40.2 Å². The summed E-state index contributed by atoms with van der Waals surface area (Å²) in [6.07, 6.45) is 1.76. The van der Waals surface area contributed by atoms with Crippen LogP contribution in [-0.2, 0) is 6.42 Å². The molecule has 5 nitrogen and oxygen atoms in total. The van der Waals surface area contributed by atoms with E-state index in [9.17, 15) is 9.18 Å². The average molecular weight is 402 g/mol. The van der Waals surface area contributed by atoms with Crippen LogP contribution in [0, 0.1) is 19.7 Å². The second-order valence-electron chi connectivity index (χ2n) is 7.33. The molecule has 0 saturated heterocycles. The first-order chi connectivity index (χ1) is 14.5. The van der Waals surface area contributed by atoms with Gasteiger partial charge in [-0.3, -0.25) is 4.79 Å². The van der Waals surface area contributed by atoms with Gasteiger partial charge in [-0.05, 0) is 56.5 Å². The Morgan fingerprint density at radius 2 is 1.87 bits per heavy atom. The molecule has 30 heavy (non-hydrogen) atoms. The second-order valence-corrected chi connectivity index (χ2v) is 7.33. The molecule has 0 unspecified atom stereocenters. The summed E-state index contributed by atoms with van der Waals surface area (Å²) < 4.78 is 15.3. The highest BCUT2D eigenvalue weighted by Crippen LogP contribution is 2.25. The third-order valence-electron chi connectivity index (χ3n) is 5.01. The number of benzene rings is 2. The van der Waals surface area contributed by atoms with Crippen molar-refractivity contribution in [2.75, 3.05) is 6.54 Å². The zero-order valence-electron chi connectivity index (χ0n) is 17.0. The van der Waals surface area contributed by atoms with E-state index in [1.54, 1.807) is 22.9 Å². The zero-order valence-corrected chi connectivity index (χ0v) is 17.0. The van der Waals surface area contributed by atoms with E-state index in [2.05, 4.69) is 27.5 Å². The Balaban J connectivity index is 1.58. The SMILES string of the molecule is Cc1cc(C(=O)NCCCc2ccccc2)c2c(C)nn(-c3cccc(F)c3)c2n1. The lowest BCUT2D eigenvalue weighted by molar-refractivity contribution is 0.0954. The molecule has 0 fully saturated rings. The molecular formula is C24H23FN4O. The van der Waals surface area contributed by atoms with Crippen LogP contribution in [-0.4, -0.2) is 27.2 Å². The van der Waals surface area contributed by atoms with Gasteiger partial charge >= 0.3 is 0 Å². The minimum absolute atomic E-state index is 0.152. The molecule has 0 atom stereocenters. The number of aryl methyl sites for hydroxylation is 3. The Bertz CT molecular complexity index is 1200. The second kappa shape index (κ2) is 8.45. The molecule has 0 aliphatic heterocycles. The predicted molar refractivity (Wildman–Crippen MR) is 115 cm³/mol.